The molecule has 0 bridgehead atoms. The van der Waals surface area contributed by atoms with Crippen molar-refractivity contribution in [3.8, 4) is 11.3 Å². The summed E-state index contributed by atoms with van der Waals surface area (Å²) in [5.41, 5.74) is 0.00180. The molecule has 5 atom stereocenters. The molecule has 0 amide bonds. The second-order valence-corrected chi connectivity index (χ2v) is 12.9. The summed E-state index contributed by atoms with van der Waals surface area (Å²) in [6, 6.07) is 4.45. The van der Waals surface area contributed by atoms with E-state index in [0.29, 0.717) is 17.7 Å². The maximum atomic E-state index is 14.7. The van der Waals surface area contributed by atoms with Gasteiger partial charge in [-0.05, 0) is 61.6 Å². The maximum Gasteiger partial charge on any atom is 0.327 e. The number of halogens is 2. The van der Waals surface area contributed by atoms with Crippen molar-refractivity contribution < 1.29 is 27.6 Å². The van der Waals surface area contributed by atoms with Gasteiger partial charge in [-0.1, -0.05) is 6.08 Å². The van der Waals surface area contributed by atoms with E-state index in [-0.39, 0.29) is 34.5 Å². The van der Waals surface area contributed by atoms with Gasteiger partial charge >= 0.3 is 5.97 Å². The molecule has 0 spiro atoms. The van der Waals surface area contributed by atoms with Crippen LogP contribution in [0.1, 0.15) is 25.7 Å². The number of fused-ring (bicyclic) bond motifs is 1. The molecule has 222 valence electrons. The molecule has 2 aliphatic heterocycles. The Morgan fingerprint density at radius 3 is 2.56 bits per heavy atom. The van der Waals surface area contributed by atoms with Crippen LogP contribution in [0, 0.1) is 29.4 Å². The van der Waals surface area contributed by atoms with Gasteiger partial charge in [0, 0.05) is 72.8 Å². The van der Waals surface area contributed by atoms with Crippen LogP contribution < -0.4 is 10.6 Å². The predicted molar refractivity (Wildman–Crippen MR) is 154 cm³/mol. The molecule has 2 unspecified atom stereocenters. The number of likely N-dealkylation sites (tertiary alicyclic amines) is 1. The summed E-state index contributed by atoms with van der Waals surface area (Å²) in [5.74, 6) is -0.974. The van der Waals surface area contributed by atoms with E-state index in [2.05, 4.69) is 32.3 Å². The van der Waals surface area contributed by atoms with Crippen molar-refractivity contribution in [1.29, 1.82) is 0 Å². The third kappa shape index (κ3) is 7.47. The number of hydrogen-bond donors (Lipinski definition) is 3. The Balaban J connectivity index is 1.18. The molecule has 41 heavy (non-hydrogen) atoms. The minimum absolute atomic E-state index is 0.0364. The summed E-state index contributed by atoms with van der Waals surface area (Å²) < 4.78 is 46.7. The number of nitrogens with zero attached hydrogens (tertiary/aromatic N) is 3. The van der Waals surface area contributed by atoms with Crippen LogP contribution in [0.5, 0.6) is 0 Å². The van der Waals surface area contributed by atoms with Gasteiger partial charge in [0.25, 0.3) is 0 Å². The fourth-order valence-electron chi connectivity index (χ4n) is 6.34. The van der Waals surface area contributed by atoms with Gasteiger partial charge in [-0.15, -0.1) is 16.8 Å². The molecular formula is C29H37F2N5O4S. The highest BCUT2D eigenvalue weighted by atomic mass is 32.2. The van der Waals surface area contributed by atoms with Crippen LogP contribution in [0.2, 0.25) is 0 Å². The Labute approximate surface area is 241 Å². The van der Waals surface area contributed by atoms with E-state index in [1.165, 1.54) is 18.7 Å². The van der Waals surface area contributed by atoms with Crippen LogP contribution in [0.15, 0.2) is 36.9 Å². The van der Waals surface area contributed by atoms with Crippen LogP contribution in [-0.4, -0.2) is 86.8 Å². The van der Waals surface area contributed by atoms with Gasteiger partial charge in [0.05, 0.1) is 11.4 Å². The number of benzene rings is 1. The summed E-state index contributed by atoms with van der Waals surface area (Å²) in [7, 11) is -1.47. The van der Waals surface area contributed by atoms with Gasteiger partial charge in [0.1, 0.15) is 11.9 Å². The highest BCUT2D eigenvalue weighted by Crippen LogP contribution is 2.40. The number of ether oxygens (including phenoxy) is 1. The molecular weight excluding hydrogens is 552 g/mol. The van der Waals surface area contributed by atoms with Gasteiger partial charge < -0.3 is 25.4 Å². The number of anilines is 2. The first-order valence-electron chi connectivity index (χ1n) is 14.1. The number of hydrogen-bond acceptors (Lipinski definition) is 8. The number of aliphatic carboxylic acids is 1. The number of carboxylic acid groups (broad SMARTS) is 1. The SMILES string of the molecule is C=CCS(=O)C[C@H](Nc1cc(F)c(F)c(-c2ccc(NC3C[C@@H]4CN(CC5CCOCC5)C[C@@H]4C3)nn2)c1)C(=O)O. The number of aromatic nitrogens is 2. The van der Waals surface area contributed by atoms with E-state index >= 15 is 0 Å². The Kier molecular flexibility index (Phi) is 9.61. The van der Waals surface area contributed by atoms with E-state index < -0.39 is 34.4 Å². The first-order valence-corrected chi connectivity index (χ1v) is 15.6. The molecule has 1 aromatic carbocycles. The molecule has 5 rings (SSSR count). The summed E-state index contributed by atoms with van der Waals surface area (Å²) in [6.07, 6.45) is 5.87. The van der Waals surface area contributed by atoms with Gasteiger partial charge in [-0.3, -0.25) is 4.21 Å². The fourth-order valence-corrected chi connectivity index (χ4v) is 7.34. The number of rotatable bonds is 12. The van der Waals surface area contributed by atoms with Gasteiger partial charge in [-0.2, -0.15) is 0 Å². The summed E-state index contributed by atoms with van der Waals surface area (Å²) in [6.45, 7) is 8.69. The van der Waals surface area contributed by atoms with Crippen LogP contribution >= 0.6 is 0 Å². The maximum absolute atomic E-state index is 14.7. The lowest BCUT2D eigenvalue weighted by atomic mass is 10.00. The largest absolute Gasteiger partial charge is 0.480 e. The van der Waals surface area contributed by atoms with E-state index in [1.807, 2.05) is 0 Å². The highest BCUT2D eigenvalue weighted by Gasteiger charge is 2.41. The Hall–Kier alpha value is -2.96. The molecule has 0 radical (unpaired) electrons. The molecule has 2 saturated heterocycles. The molecule has 12 heteroatoms. The van der Waals surface area contributed by atoms with Crippen molar-refractivity contribution in [3.63, 3.8) is 0 Å². The smallest absolute Gasteiger partial charge is 0.327 e. The number of nitrogens with one attached hydrogen (secondary N) is 2. The highest BCUT2D eigenvalue weighted by molar-refractivity contribution is 7.85. The molecule has 2 aromatic rings. The van der Waals surface area contributed by atoms with Crippen molar-refractivity contribution in [2.24, 2.45) is 17.8 Å². The molecule has 3 heterocycles. The molecule has 1 saturated carbocycles. The fraction of sp³-hybridized carbons (Fsp3) is 0.552. The zero-order valence-electron chi connectivity index (χ0n) is 22.9. The standard InChI is InChI=1S/C29H37F2N5O4S/c1-2-9-41(39)17-26(29(37)38)32-22-12-23(28(31)24(30)13-22)25-3-4-27(35-34-25)33-21-10-19-15-36(16-20(19)11-21)14-18-5-7-40-8-6-18/h2-4,12-13,18-21,26,32H,1,5-11,14-17H2,(H,33,35)(H,37,38)/t19-,20+,21?,26-,41?/m0/s1. The average molecular weight is 590 g/mol. The van der Waals surface area contributed by atoms with Crippen molar-refractivity contribution in [2.75, 3.05) is 55.0 Å². The van der Waals surface area contributed by atoms with Crippen LogP contribution in [-0.2, 0) is 20.3 Å². The van der Waals surface area contributed by atoms with E-state index in [9.17, 15) is 22.9 Å². The lowest BCUT2D eigenvalue weighted by Crippen LogP contribution is -2.35. The Bertz CT molecular complexity index is 1250. The van der Waals surface area contributed by atoms with Crippen LogP contribution in [0.3, 0.4) is 0 Å². The Morgan fingerprint density at radius 1 is 1.20 bits per heavy atom. The molecule has 3 N–H and O–H groups in total. The summed E-state index contributed by atoms with van der Waals surface area (Å²) >= 11 is 0. The number of carboxylic acids is 1. The second-order valence-electron chi connectivity index (χ2n) is 11.3. The average Bonchev–Trinajstić information content (AvgIpc) is 3.49. The third-order valence-electron chi connectivity index (χ3n) is 8.30. The Morgan fingerprint density at radius 2 is 1.93 bits per heavy atom. The molecule has 3 fully saturated rings. The van der Waals surface area contributed by atoms with Crippen molar-refractivity contribution in [3.05, 3.63) is 48.6 Å². The molecule has 1 aliphatic carbocycles. The van der Waals surface area contributed by atoms with E-state index in [4.69, 9.17) is 4.74 Å². The molecule has 9 nitrogen and oxygen atoms in total. The lowest BCUT2D eigenvalue weighted by Gasteiger charge is -2.27. The lowest BCUT2D eigenvalue weighted by molar-refractivity contribution is -0.137. The van der Waals surface area contributed by atoms with Gasteiger partial charge in [0.15, 0.2) is 11.6 Å². The van der Waals surface area contributed by atoms with Gasteiger partial charge in [-0.25, -0.2) is 13.6 Å². The topological polar surface area (TPSA) is 117 Å². The second kappa shape index (κ2) is 13.3. The summed E-state index contributed by atoms with van der Waals surface area (Å²) in [5, 5.41) is 24.0. The quantitative estimate of drug-likeness (QED) is 0.318. The first kappa shape index (κ1) is 29.5. The monoisotopic (exact) mass is 589 g/mol. The normalized spacial score (nSPS) is 24.5. The minimum atomic E-state index is -1.47. The van der Waals surface area contributed by atoms with Crippen molar-refractivity contribution >= 4 is 28.3 Å². The molecule has 3 aliphatic rings. The van der Waals surface area contributed by atoms with E-state index in [0.717, 1.165) is 64.0 Å². The first-order chi connectivity index (χ1) is 19.8. The minimum Gasteiger partial charge on any atom is -0.480 e. The zero-order chi connectivity index (χ0) is 28.9. The van der Waals surface area contributed by atoms with Crippen molar-refractivity contribution in [1.82, 2.24) is 15.1 Å². The zero-order valence-corrected chi connectivity index (χ0v) is 23.8. The van der Waals surface area contributed by atoms with Gasteiger partial charge in [0.2, 0.25) is 0 Å². The predicted octanol–water partition coefficient (Wildman–Crippen LogP) is 3.77. The molecule has 1 aromatic heterocycles. The van der Waals surface area contributed by atoms with E-state index in [1.54, 1.807) is 12.1 Å². The number of carbonyl (C=O) groups is 1. The van der Waals surface area contributed by atoms with Crippen LogP contribution in [0.25, 0.3) is 11.3 Å². The van der Waals surface area contributed by atoms with Crippen molar-refractivity contribution in [2.45, 2.75) is 37.8 Å². The third-order valence-corrected chi connectivity index (χ3v) is 9.61. The summed E-state index contributed by atoms with van der Waals surface area (Å²) in [4.78, 5) is 14.3. The van der Waals surface area contributed by atoms with Crippen LogP contribution in [0.4, 0.5) is 20.3 Å².